The Morgan fingerprint density at radius 2 is 2.00 bits per heavy atom. The Balaban J connectivity index is 1.91. The van der Waals surface area contributed by atoms with E-state index < -0.39 is 0 Å². The monoisotopic (exact) mass is 346 g/mol. The van der Waals surface area contributed by atoms with Gasteiger partial charge in [-0.2, -0.15) is 0 Å². The summed E-state index contributed by atoms with van der Waals surface area (Å²) in [6.45, 7) is 4.26. The summed E-state index contributed by atoms with van der Waals surface area (Å²) in [5.74, 6) is 0. The summed E-state index contributed by atoms with van der Waals surface area (Å²) in [6.07, 6.45) is 5.49. The summed E-state index contributed by atoms with van der Waals surface area (Å²) >= 11 is 3.62. The molecule has 1 aliphatic carbocycles. The number of pyridine rings is 1. The predicted molar refractivity (Wildman–Crippen MR) is 92.9 cm³/mol. The largest absolute Gasteiger partial charge is 0.295 e. The van der Waals surface area contributed by atoms with E-state index in [0.717, 1.165) is 35.7 Å². The number of benzene rings is 1. The molecule has 2 aromatic rings. The molecule has 0 amide bonds. The molecule has 1 aromatic carbocycles. The fourth-order valence-electron chi connectivity index (χ4n) is 3.51. The van der Waals surface area contributed by atoms with Gasteiger partial charge in [-0.1, -0.05) is 47.0 Å². The van der Waals surface area contributed by atoms with Crippen LogP contribution in [0.3, 0.4) is 0 Å². The van der Waals surface area contributed by atoms with Crippen molar-refractivity contribution in [3.8, 4) is 0 Å². The first kappa shape index (κ1) is 15.0. The molecule has 0 unspecified atom stereocenters. The van der Waals surface area contributed by atoms with Crippen molar-refractivity contribution >= 4 is 26.8 Å². The molecule has 3 heteroatoms. The van der Waals surface area contributed by atoms with Crippen LogP contribution in [0, 0.1) is 6.92 Å². The van der Waals surface area contributed by atoms with Gasteiger partial charge in [0.2, 0.25) is 0 Å². The van der Waals surface area contributed by atoms with Crippen LogP contribution in [0.5, 0.6) is 0 Å². The molecule has 112 valence electrons. The van der Waals surface area contributed by atoms with Crippen molar-refractivity contribution in [1.82, 2.24) is 9.88 Å². The Labute approximate surface area is 135 Å². The lowest BCUT2D eigenvalue weighted by Crippen LogP contribution is -2.34. The van der Waals surface area contributed by atoms with Gasteiger partial charge in [0.1, 0.15) is 0 Å². The third kappa shape index (κ3) is 3.46. The molecular formula is C18H23BrN2. The van der Waals surface area contributed by atoms with Crippen LogP contribution in [0.1, 0.15) is 36.9 Å². The van der Waals surface area contributed by atoms with Crippen molar-refractivity contribution in [2.45, 2.75) is 45.2 Å². The van der Waals surface area contributed by atoms with Gasteiger partial charge in [-0.05, 0) is 37.5 Å². The number of alkyl halides is 1. The lowest BCUT2D eigenvalue weighted by molar-refractivity contribution is 0.203. The maximum Gasteiger partial charge on any atom is 0.0708 e. The van der Waals surface area contributed by atoms with Crippen LogP contribution in [-0.4, -0.2) is 27.8 Å². The van der Waals surface area contributed by atoms with Crippen molar-refractivity contribution in [3.63, 3.8) is 0 Å². The molecule has 0 bridgehead atoms. The van der Waals surface area contributed by atoms with Crippen molar-refractivity contribution in [2.24, 2.45) is 0 Å². The molecular weight excluding hydrogens is 324 g/mol. The highest BCUT2D eigenvalue weighted by molar-refractivity contribution is 9.09. The molecule has 1 fully saturated rings. The molecule has 0 spiro atoms. The number of hydrogen-bond acceptors (Lipinski definition) is 2. The second kappa shape index (κ2) is 6.89. The highest BCUT2D eigenvalue weighted by Crippen LogP contribution is 2.27. The van der Waals surface area contributed by atoms with E-state index in [1.54, 1.807) is 0 Å². The van der Waals surface area contributed by atoms with Crippen LogP contribution in [0.25, 0.3) is 10.9 Å². The number of fused-ring (bicyclic) bond motifs is 1. The highest BCUT2D eigenvalue weighted by atomic mass is 79.9. The summed E-state index contributed by atoms with van der Waals surface area (Å²) in [7, 11) is 0. The third-order valence-corrected chi connectivity index (χ3v) is 4.87. The minimum absolute atomic E-state index is 0.759. The fourth-order valence-corrected chi connectivity index (χ4v) is 3.97. The van der Waals surface area contributed by atoms with Gasteiger partial charge in [0, 0.05) is 35.5 Å². The van der Waals surface area contributed by atoms with Gasteiger partial charge in [-0.25, -0.2) is 0 Å². The number of nitrogens with zero attached hydrogens (tertiary/aromatic N) is 2. The molecule has 0 saturated heterocycles. The maximum atomic E-state index is 4.66. The van der Waals surface area contributed by atoms with E-state index in [-0.39, 0.29) is 0 Å². The molecule has 21 heavy (non-hydrogen) atoms. The Morgan fingerprint density at radius 1 is 1.24 bits per heavy atom. The van der Waals surface area contributed by atoms with E-state index in [2.05, 4.69) is 63.1 Å². The minimum atomic E-state index is 0.759. The molecule has 1 saturated carbocycles. The number of hydrogen-bond donors (Lipinski definition) is 0. The number of aromatic nitrogens is 1. The lowest BCUT2D eigenvalue weighted by atomic mass is 10.1. The van der Waals surface area contributed by atoms with Crippen molar-refractivity contribution in [2.75, 3.05) is 11.9 Å². The molecule has 0 atom stereocenters. The van der Waals surface area contributed by atoms with E-state index in [0.29, 0.717) is 0 Å². The second-order valence-electron chi connectivity index (χ2n) is 6.04. The first-order chi connectivity index (χ1) is 10.3. The zero-order chi connectivity index (χ0) is 14.7. The summed E-state index contributed by atoms with van der Waals surface area (Å²) in [5, 5.41) is 2.35. The molecule has 0 N–H and O–H groups in total. The van der Waals surface area contributed by atoms with Crippen molar-refractivity contribution in [3.05, 3.63) is 41.6 Å². The molecule has 3 rings (SSSR count). The highest BCUT2D eigenvalue weighted by Gasteiger charge is 2.22. The summed E-state index contributed by atoms with van der Waals surface area (Å²) in [6, 6.07) is 11.5. The van der Waals surface area contributed by atoms with Crippen LogP contribution >= 0.6 is 15.9 Å². The predicted octanol–water partition coefficient (Wildman–Crippen LogP) is 4.68. The quantitative estimate of drug-likeness (QED) is 0.730. The summed E-state index contributed by atoms with van der Waals surface area (Å²) < 4.78 is 0. The Morgan fingerprint density at radius 3 is 2.76 bits per heavy atom. The average Bonchev–Trinajstić information content (AvgIpc) is 3.00. The van der Waals surface area contributed by atoms with E-state index in [4.69, 9.17) is 0 Å². The van der Waals surface area contributed by atoms with Gasteiger partial charge in [-0.15, -0.1) is 0 Å². The maximum absolute atomic E-state index is 4.66. The molecule has 2 nitrogen and oxygen atoms in total. The number of rotatable bonds is 5. The molecule has 1 aromatic heterocycles. The van der Waals surface area contributed by atoms with E-state index >= 15 is 0 Å². The van der Waals surface area contributed by atoms with Gasteiger partial charge in [-0.3, -0.25) is 9.88 Å². The van der Waals surface area contributed by atoms with Crippen LogP contribution in [-0.2, 0) is 6.54 Å². The molecule has 0 radical (unpaired) electrons. The normalized spacial score (nSPS) is 16.1. The first-order valence-electron chi connectivity index (χ1n) is 7.93. The number of para-hydroxylation sites is 1. The molecule has 1 aliphatic rings. The second-order valence-corrected chi connectivity index (χ2v) is 6.83. The SMILES string of the molecule is Cc1cc(CN(CCBr)C2CCCC2)c2ccccc2n1. The van der Waals surface area contributed by atoms with Crippen LogP contribution in [0.2, 0.25) is 0 Å². The standard InChI is InChI=1S/C18H23BrN2/c1-14-12-15(17-8-4-5-9-18(17)20-14)13-21(11-10-19)16-6-2-3-7-16/h4-5,8-9,12,16H,2-3,6-7,10-11,13H2,1H3. The van der Waals surface area contributed by atoms with Crippen LogP contribution < -0.4 is 0 Å². The Kier molecular flexibility index (Phi) is 4.91. The fraction of sp³-hybridized carbons (Fsp3) is 0.500. The van der Waals surface area contributed by atoms with Crippen molar-refractivity contribution < 1.29 is 0 Å². The lowest BCUT2D eigenvalue weighted by Gasteiger charge is -2.28. The topological polar surface area (TPSA) is 16.1 Å². The van der Waals surface area contributed by atoms with E-state index in [9.17, 15) is 0 Å². The molecule has 1 heterocycles. The summed E-state index contributed by atoms with van der Waals surface area (Å²) in [4.78, 5) is 7.32. The van der Waals surface area contributed by atoms with E-state index in [1.807, 2.05) is 0 Å². The number of aryl methyl sites for hydroxylation is 1. The minimum Gasteiger partial charge on any atom is -0.295 e. The Hall–Kier alpha value is -0.930. The van der Waals surface area contributed by atoms with Crippen molar-refractivity contribution in [1.29, 1.82) is 0 Å². The Bertz CT molecular complexity index is 605. The van der Waals surface area contributed by atoms with Gasteiger partial charge in [0.05, 0.1) is 5.52 Å². The zero-order valence-electron chi connectivity index (χ0n) is 12.7. The first-order valence-corrected chi connectivity index (χ1v) is 9.05. The van der Waals surface area contributed by atoms with Gasteiger partial charge in [0.25, 0.3) is 0 Å². The zero-order valence-corrected chi connectivity index (χ0v) is 14.3. The summed E-state index contributed by atoms with van der Waals surface area (Å²) in [5.41, 5.74) is 3.66. The van der Waals surface area contributed by atoms with Crippen LogP contribution in [0.15, 0.2) is 30.3 Å². The van der Waals surface area contributed by atoms with Crippen LogP contribution in [0.4, 0.5) is 0 Å². The smallest absolute Gasteiger partial charge is 0.0708 e. The van der Waals surface area contributed by atoms with Gasteiger partial charge >= 0.3 is 0 Å². The van der Waals surface area contributed by atoms with E-state index in [1.165, 1.54) is 36.6 Å². The molecule has 0 aliphatic heterocycles. The average molecular weight is 347 g/mol. The van der Waals surface area contributed by atoms with Gasteiger partial charge < -0.3 is 0 Å². The third-order valence-electron chi connectivity index (χ3n) is 4.52. The van der Waals surface area contributed by atoms with Gasteiger partial charge in [0.15, 0.2) is 0 Å². The number of halogens is 1.